The van der Waals surface area contributed by atoms with Crippen molar-refractivity contribution in [1.82, 2.24) is 0 Å². The van der Waals surface area contributed by atoms with Gasteiger partial charge in [-0.1, -0.05) is 0 Å². The summed E-state index contributed by atoms with van der Waals surface area (Å²) in [4.78, 5) is 0. The molecule has 0 saturated heterocycles. The van der Waals surface area contributed by atoms with Crippen LogP contribution in [0, 0.1) is 5.41 Å². The second-order valence-corrected chi connectivity index (χ2v) is 3.10. The molecule has 0 aromatic heterocycles. The molecular formula is C6H8ClF3. The van der Waals surface area contributed by atoms with Gasteiger partial charge in [0.25, 0.3) is 0 Å². The van der Waals surface area contributed by atoms with E-state index in [9.17, 15) is 13.2 Å². The Labute approximate surface area is 62.4 Å². The summed E-state index contributed by atoms with van der Waals surface area (Å²) in [5, 5.41) is 0. The van der Waals surface area contributed by atoms with E-state index < -0.39 is 11.6 Å². The van der Waals surface area contributed by atoms with Crippen molar-refractivity contribution in [3.8, 4) is 0 Å². The Morgan fingerprint density at radius 3 is 1.90 bits per heavy atom. The van der Waals surface area contributed by atoms with E-state index in [0.717, 1.165) is 0 Å². The molecule has 60 valence electrons. The molecule has 1 fully saturated rings. The summed E-state index contributed by atoms with van der Waals surface area (Å²) >= 11 is 5.23. The van der Waals surface area contributed by atoms with Crippen molar-refractivity contribution in [2.45, 2.75) is 25.4 Å². The topological polar surface area (TPSA) is 0 Å². The zero-order chi connectivity index (χ0) is 7.83. The molecule has 4 heteroatoms. The Kier molecular flexibility index (Phi) is 1.88. The Bertz CT molecular complexity index is 125. The summed E-state index contributed by atoms with van der Waals surface area (Å²) in [7, 11) is 0. The van der Waals surface area contributed by atoms with Crippen LogP contribution in [0.3, 0.4) is 0 Å². The second kappa shape index (κ2) is 2.29. The van der Waals surface area contributed by atoms with Gasteiger partial charge in [-0.25, -0.2) is 0 Å². The lowest BCUT2D eigenvalue weighted by atomic mass is 10.0. The molecular weight excluding hydrogens is 165 g/mol. The zero-order valence-corrected chi connectivity index (χ0v) is 6.10. The van der Waals surface area contributed by atoms with Crippen LogP contribution in [0.5, 0.6) is 0 Å². The second-order valence-electron chi connectivity index (χ2n) is 2.72. The molecule has 0 aliphatic heterocycles. The van der Waals surface area contributed by atoms with Crippen molar-refractivity contribution in [3.63, 3.8) is 0 Å². The van der Waals surface area contributed by atoms with E-state index in [4.69, 9.17) is 11.6 Å². The largest absolute Gasteiger partial charge is 0.394 e. The molecule has 0 unspecified atom stereocenters. The summed E-state index contributed by atoms with van der Waals surface area (Å²) in [6.07, 6.45) is -3.41. The number of alkyl halides is 4. The maximum absolute atomic E-state index is 12.0. The number of hydrogen-bond donors (Lipinski definition) is 0. The van der Waals surface area contributed by atoms with Gasteiger partial charge in [0, 0.05) is 5.88 Å². The highest BCUT2D eigenvalue weighted by Crippen LogP contribution is 2.59. The van der Waals surface area contributed by atoms with Gasteiger partial charge in [-0.15, -0.1) is 11.6 Å². The van der Waals surface area contributed by atoms with E-state index in [-0.39, 0.29) is 25.1 Å². The average Bonchev–Trinajstić information content (AvgIpc) is 2.45. The minimum Gasteiger partial charge on any atom is -0.171 e. The smallest absolute Gasteiger partial charge is 0.171 e. The van der Waals surface area contributed by atoms with Crippen LogP contribution in [-0.4, -0.2) is 12.1 Å². The minimum absolute atomic E-state index is 0.0814. The Morgan fingerprint density at radius 2 is 1.80 bits per heavy atom. The molecule has 10 heavy (non-hydrogen) atoms. The van der Waals surface area contributed by atoms with Crippen molar-refractivity contribution < 1.29 is 13.2 Å². The van der Waals surface area contributed by atoms with Gasteiger partial charge >= 0.3 is 6.18 Å². The molecule has 0 N–H and O–H groups in total. The molecule has 0 radical (unpaired) electrons. The van der Waals surface area contributed by atoms with Crippen LogP contribution < -0.4 is 0 Å². The lowest BCUT2D eigenvalue weighted by Crippen LogP contribution is -2.24. The Hall–Kier alpha value is 0.0800. The van der Waals surface area contributed by atoms with E-state index in [1.165, 1.54) is 0 Å². The van der Waals surface area contributed by atoms with Gasteiger partial charge < -0.3 is 0 Å². The molecule has 0 bridgehead atoms. The fourth-order valence-corrected chi connectivity index (χ4v) is 1.37. The first-order valence-electron chi connectivity index (χ1n) is 3.14. The van der Waals surface area contributed by atoms with Crippen LogP contribution in [0.1, 0.15) is 19.3 Å². The molecule has 1 saturated carbocycles. The first kappa shape index (κ1) is 8.18. The van der Waals surface area contributed by atoms with Gasteiger partial charge in [0.05, 0.1) is 5.41 Å². The summed E-state index contributed by atoms with van der Waals surface area (Å²) in [6, 6.07) is 0. The first-order valence-corrected chi connectivity index (χ1v) is 3.68. The monoisotopic (exact) mass is 172 g/mol. The predicted molar refractivity (Wildman–Crippen MR) is 33.1 cm³/mol. The van der Waals surface area contributed by atoms with Crippen LogP contribution in [-0.2, 0) is 0 Å². The fourth-order valence-electron chi connectivity index (χ4n) is 1.01. The van der Waals surface area contributed by atoms with Crippen molar-refractivity contribution in [3.05, 3.63) is 0 Å². The van der Waals surface area contributed by atoms with Crippen molar-refractivity contribution in [2.75, 3.05) is 5.88 Å². The van der Waals surface area contributed by atoms with Crippen LogP contribution in [0.15, 0.2) is 0 Å². The van der Waals surface area contributed by atoms with Gasteiger partial charge in [-0.05, 0) is 19.3 Å². The summed E-state index contributed by atoms with van der Waals surface area (Å²) in [6.45, 7) is 0. The minimum atomic E-state index is -4.03. The summed E-state index contributed by atoms with van der Waals surface area (Å²) < 4.78 is 36.1. The SMILES string of the molecule is FC(F)(F)C1(CCCl)CC1. The van der Waals surface area contributed by atoms with E-state index >= 15 is 0 Å². The molecule has 0 atom stereocenters. The van der Waals surface area contributed by atoms with E-state index in [2.05, 4.69) is 0 Å². The normalized spacial score (nSPS) is 22.8. The van der Waals surface area contributed by atoms with E-state index in [1.54, 1.807) is 0 Å². The van der Waals surface area contributed by atoms with Crippen LogP contribution >= 0.6 is 11.6 Å². The van der Waals surface area contributed by atoms with Crippen molar-refractivity contribution in [2.24, 2.45) is 5.41 Å². The summed E-state index contributed by atoms with van der Waals surface area (Å²) in [5.41, 5.74) is -1.39. The average molecular weight is 173 g/mol. The highest BCUT2D eigenvalue weighted by atomic mass is 35.5. The molecule has 0 heterocycles. The standard InChI is InChI=1S/C6H8ClF3/c7-4-3-5(1-2-5)6(8,9)10/h1-4H2. The van der Waals surface area contributed by atoms with Crippen LogP contribution in [0.25, 0.3) is 0 Å². The van der Waals surface area contributed by atoms with Gasteiger partial charge in [-0.3, -0.25) is 0 Å². The molecule has 0 amide bonds. The Morgan fingerprint density at radius 1 is 1.30 bits per heavy atom. The number of rotatable bonds is 2. The van der Waals surface area contributed by atoms with Gasteiger partial charge in [0.15, 0.2) is 0 Å². The zero-order valence-electron chi connectivity index (χ0n) is 5.34. The molecule has 0 aromatic carbocycles. The van der Waals surface area contributed by atoms with Crippen molar-refractivity contribution >= 4 is 11.6 Å². The van der Waals surface area contributed by atoms with Crippen molar-refractivity contribution in [1.29, 1.82) is 0 Å². The highest BCUT2D eigenvalue weighted by Gasteiger charge is 2.62. The van der Waals surface area contributed by atoms with Gasteiger partial charge in [0.2, 0.25) is 0 Å². The molecule has 0 aromatic rings. The third-order valence-corrected chi connectivity index (χ3v) is 2.22. The quantitative estimate of drug-likeness (QED) is 0.562. The van der Waals surface area contributed by atoms with Gasteiger partial charge in [-0.2, -0.15) is 13.2 Å². The number of hydrogen-bond acceptors (Lipinski definition) is 0. The highest BCUT2D eigenvalue weighted by molar-refractivity contribution is 6.17. The Balaban J connectivity index is 2.52. The predicted octanol–water partition coefficient (Wildman–Crippen LogP) is 2.96. The molecule has 0 nitrogen and oxygen atoms in total. The summed E-state index contributed by atoms with van der Waals surface area (Å²) in [5.74, 6) is 0.111. The van der Waals surface area contributed by atoms with Crippen LogP contribution in [0.4, 0.5) is 13.2 Å². The molecule has 1 aliphatic rings. The fraction of sp³-hybridized carbons (Fsp3) is 1.00. The van der Waals surface area contributed by atoms with E-state index in [1.807, 2.05) is 0 Å². The van der Waals surface area contributed by atoms with Gasteiger partial charge in [0.1, 0.15) is 0 Å². The lowest BCUT2D eigenvalue weighted by Gasteiger charge is -2.16. The maximum atomic E-state index is 12.0. The lowest BCUT2D eigenvalue weighted by molar-refractivity contribution is -0.187. The van der Waals surface area contributed by atoms with Crippen LogP contribution in [0.2, 0.25) is 0 Å². The molecule has 1 rings (SSSR count). The third kappa shape index (κ3) is 1.24. The maximum Gasteiger partial charge on any atom is 0.394 e. The molecule has 0 spiro atoms. The third-order valence-electron chi connectivity index (χ3n) is 2.03. The first-order chi connectivity index (χ1) is 4.52. The van der Waals surface area contributed by atoms with E-state index in [0.29, 0.717) is 0 Å². The number of halogens is 4. The molecule has 1 aliphatic carbocycles.